The van der Waals surface area contributed by atoms with Gasteiger partial charge in [-0.1, -0.05) is 71.7 Å². The molecule has 0 saturated heterocycles. The molecule has 0 spiro atoms. The summed E-state index contributed by atoms with van der Waals surface area (Å²) >= 11 is 0. The molecule has 0 radical (unpaired) electrons. The lowest BCUT2D eigenvalue weighted by Gasteiger charge is -2.38. The normalized spacial score (nSPS) is 11.9. The molecule has 4 aromatic rings. The third-order valence-electron chi connectivity index (χ3n) is 7.51. The minimum absolute atomic E-state index is 0.0535. The fourth-order valence-electron chi connectivity index (χ4n) is 5.78. The Balaban J connectivity index is 2.09. The first-order valence-electron chi connectivity index (χ1n) is 12.5. The highest BCUT2D eigenvalue weighted by atomic mass is 28.3. The van der Waals surface area contributed by atoms with E-state index in [0.717, 1.165) is 38.9 Å². The average Bonchev–Trinajstić information content (AvgIpc) is 2.84. The summed E-state index contributed by atoms with van der Waals surface area (Å²) in [5, 5.41) is 2.13. The monoisotopic (exact) mass is 481 g/mol. The van der Waals surface area contributed by atoms with Gasteiger partial charge in [-0.3, -0.25) is 9.20 Å². The van der Waals surface area contributed by atoms with E-state index in [1.165, 1.54) is 0 Å². The average molecular weight is 482 g/mol. The summed E-state index contributed by atoms with van der Waals surface area (Å²) in [6, 6.07) is 21.8. The van der Waals surface area contributed by atoms with Gasteiger partial charge in [0, 0.05) is 17.0 Å². The SMILES string of the molecule is COc1ccc(-c2cc3ccccc3c3c(C#C[Si](C(C)C)(C(C)C)C(C)C)ccc(=O)n23)cc1. The van der Waals surface area contributed by atoms with Crippen molar-refractivity contribution in [2.75, 3.05) is 7.11 Å². The van der Waals surface area contributed by atoms with Gasteiger partial charge in [-0.25, -0.2) is 0 Å². The molecule has 4 heteroatoms. The van der Waals surface area contributed by atoms with E-state index in [1.807, 2.05) is 46.9 Å². The largest absolute Gasteiger partial charge is 0.497 e. The molecule has 0 aliphatic carbocycles. The highest BCUT2D eigenvalue weighted by Gasteiger charge is 2.41. The molecule has 0 bridgehead atoms. The lowest BCUT2D eigenvalue weighted by molar-refractivity contribution is 0.415. The number of benzene rings is 2. The number of fused-ring (bicyclic) bond motifs is 3. The van der Waals surface area contributed by atoms with Crippen molar-refractivity contribution in [1.29, 1.82) is 0 Å². The van der Waals surface area contributed by atoms with Crippen LogP contribution in [0, 0.1) is 11.5 Å². The molecule has 0 saturated carbocycles. The third kappa shape index (κ3) is 4.30. The van der Waals surface area contributed by atoms with E-state index in [2.05, 4.69) is 71.2 Å². The van der Waals surface area contributed by atoms with Gasteiger partial charge >= 0.3 is 0 Å². The Hall–Kier alpha value is -3.29. The molecule has 180 valence electrons. The zero-order chi connectivity index (χ0) is 25.3. The molecule has 0 aliphatic heterocycles. The molecule has 0 fully saturated rings. The Morgan fingerprint density at radius 1 is 0.829 bits per heavy atom. The van der Waals surface area contributed by atoms with Gasteiger partial charge in [0.2, 0.25) is 0 Å². The number of nitrogens with zero attached hydrogens (tertiary/aromatic N) is 1. The first-order valence-corrected chi connectivity index (χ1v) is 14.7. The van der Waals surface area contributed by atoms with Crippen LogP contribution in [0.15, 0.2) is 71.5 Å². The zero-order valence-corrected chi connectivity index (χ0v) is 22.8. The molecule has 0 N–H and O–H groups in total. The molecule has 2 aromatic heterocycles. The summed E-state index contributed by atoms with van der Waals surface area (Å²) in [6.07, 6.45) is 0. The maximum Gasteiger partial charge on any atom is 0.255 e. The van der Waals surface area contributed by atoms with Gasteiger partial charge in [0.05, 0.1) is 18.3 Å². The lowest BCUT2D eigenvalue weighted by atomic mass is 10.0. The highest BCUT2D eigenvalue weighted by Crippen LogP contribution is 2.41. The van der Waals surface area contributed by atoms with Crippen LogP contribution in [0.3, 0.4) is 0 Å². The van der Waals surface area contributed by atoms with Crippen molar-refractivity contribution in [3.8, 4) is 28.5 Å². The van der Waals surface area contributed by atoms with E-state index in [9.17, 15) is 4.79 Å². The maximum atomic E-state index is 13.3. The lowest BCUT2D eigenvalue weighted by Crippen LogP contribution is -2.43. The first kappa shape index (κ1) is 24.8. The minimum atomic E-state index is -1.93. The van der Waals surface area contributed by atoms with Gasteiger partial charge in [-0.05, 0) is 64.0 Å². The minimum Gasteiger partial charge on any atom is -0.497 e. The van der Waals surface area contributed by atoms with Gasteiger partial charge < -0.3 is 4.74 Å². The van der Waals surface area contributed by atoms with Crippen LogP contribution in [0.25, 0.3) is 27.5 Å². The van der Waals surface area contributed by atoms with Gasteiger partial charge in [0.15, 0.2) is 0 Å². The third-order valence-corrected chi connectivity index (χ3v) is 13.8. The molecule has 4 rings (SSSR count). The van der Waals surface area contributed by atoms with Crippen LogP contribution in [-0.2, 0) is 0 Å². The Kier molecular flexibility index (Phi) is 6.92. The molecule has 0 atom stereocenters. The standard InChI is InChI=1S/C31H35NO2Si/c1-21(2)35(22(3)4,23(5)6)19-18-25-14-17-30(33)32-29(24-12-15-27(34-7)16-13-24)20-26-10-8-9-11-28(26)31(25)32/h8-17,20-23H,1-7H3. The number of hydrogen-bond acceptors (Lipinski definition) is 2. The molecule has 0 amide bonds. The van der Waals surface area contributed by atoms with Crippen molar-refractivity contribution >= 4 is 24.4 Å². The predicted molar refractivity (Wildman–Crippen MR) is 151 cm³/mol. The van der Waals surface area contributed by atoms with Crippen LogP contribution in [0.5, 0.6) is 5.75 Å². The zero-order valence-electron chi connectivity index (χ0n) is 21.8. The van der Waals surface area contributed by atoms with Crippen molar-refractivity contribution in [2.45, 2.75) is 58.2 Å². The summed E-state index contributed by atoms with van der Waals surface area (Å²) in [6.45, 7) is 14.0. The van der Waals surface area contributed by atoms with Crippen LogP contribution >= 0.6 is 0 Å². The second-order valence-electron chi connectivity index (χ2n) is 10.3. The van der Waals surface area contributed by atoms with E-state index in [-0.39, 0.29) is 5.56 Å². The number of aromatic nitrogens is 1. The summed E-state index contributed by atoms with van der Waals surface area (Å²) in [5.41, 5.74) is 9.04. The summed E-state index contributed by atoms with van der Waals surface area (Å²) < 4.78 is 7.18. The van der Waals surface area contributed by atoms with E-state index in [4.69, 9.17) is 4.74 Å². The highest BCUT2D eigenvalue weighted by molar-refractivity contribution is 6.90. The van der Waals surface area contributed by atoms with Crippen molar-refractivity contribution in [3.05, 3.63) is 82.6 Å². The number of hydrogen-bond donors (Lipinski definition) is 0. The molecular formula is C31H35NO2Si. The second-order valence-corrected chi connectivity index (χ2v) is 15.8. The van der Waals surface area contributed by atoms with Crippen LogP contribution in [-0.4, -0.2) is 19.6 Å². The molecule has 2 aromatic carbocycles. The molecule has 35 heavy (non-hydrogen) atoms. The van der Waals surface area contributed by atoms with Crippen LogP contribution in [0.2, 0.25) is 16.6 Å². The van der Waals surface area contributed by atoms with E-state index in [0.29, 0.717) is 16.6 Å². The Morgan fingerprint density at radius 2 is 1.46 bits per heavy atom. The van der Waals surface area contributed by atoms with Crippen molar-refractivity contribution < 1.29 is 4.74 Å². The number of rotatable bonds is 5. The summed E-state index contributed by atoms with van der Waals surface area (Å²) in [4.78, 5) is 13.3. The quantitative estimate of drug-likeness (QED) is 0.166. The first-order chi connectivity index (χ1) is 16.7. The smallest absolute Gasteiger partial charge is 0.255 e. The Morgan fingerprint density at radius 3 is 2.06 bits per heavy atom. The summed E-state index contributed by atoms with van der Waals surface area (Å²) in [7, 11) is -0.272. The number of pyridine rings is 2. The van der Waals surface area contributed by atoms with Crippen LogP contribution in [0.4, 0.5) is 0 Å². The fourth-order valence-corrected chi connectivity index (χ4v) is 11.0. The molecule has 3 nitrogen and oxygen atoms in total. The maximum absolute atomic E-state index is 13.3. The van der Waals surface area contributed by atoms with E-state index in [1.54, 1.807) is 13.2 Å². The van der Waals surface area contributed by atoms with Crippen LogP contribution < -0.4 is 10.3 Å². The van der Waals surface area contributed by atoms with Gasteiger partial charge in [0.1, 0.15) is 13.8 Å². The van der Waals surface area contributed by atoms with Crippen LogP contribution in [0.1, 0.15) is 47.1 Å². The number of ether oxygens (including phenoxy) is 1. The Bertz CT molecular complexity index is 1460. The number of methoxy groups -OCH3 is 1. The fraction of sp³-hybridized carbons (Fsp3) is 0.323. The molecule has 0 unspecified atom stereocenters. The topological polar surface area (TPSA) is 30.7 Å². The molecular weight excluding hydrogens is 446 g/mol. The van der Waals surface area contributed by atoms with Crippen molar-refractivity contribution in [2.24, 2.45) is 0 Å². The van der Waals surface area contributed by atoms with Crippen molar-refractivity contribution in [3.63, 3.8) is 0 Å². The van der Waals surface area contributed by atoms with Crippen molar-refractivity contribution in [1.82, 2.24) is 4.40 Å². The summed E-state index contributed by atoms with van der Waals surface area (Å²) in [5.74, 6) is 4.41. The predicted octanol–water partition coefficient (Wildman–Crippen LogP) is 7.70. The van der Waals surface area contributed by atoms with Gasteiger partial charge in [-0.15, -0.1) is 5.54 Å². The molecule has 0 aliphatic rings. The second kappa shape index (κ2) is 9.75. The Labute approximate surface area is 209 Å². The van der Waals surface area contributed by atoms with E-state index < -0.39 is 8.07 Å². The molecule has 2 heterocycles. The van der Waals surface area contributed by atoms with Gasteiger partial charge in [-0.2, -0.15) is 0 Å². The van der Waals surface area contributed by atoms with E-state index >= 15 is 0 Å². The van der Waals surface area contributed by atoms with Gasteiger partial charge in [0.25, 0.3) is 5.56 Å².